The summed E-state index contributed by atoms with van der Waals surface area (Å²) < 4.78 is 33.1. The van der Waals surface area contributed by atoms with Gasteiger partial charge < -0.3 is 4.74 Å². The summed E-state index contributed by atoms with van der Waals surface area (Å²) >= 11 is 0. The summed E-state index contributed by atoms with van der Waals surface area (Å²) in [6.07, 6.45) is 3.12. The van der Waals surface area contributed by atoms with Crippen molar-refractivity contribution in [2.45, 2.75) is 45.7 Å². The van der Waals surface area contributed by atoms with Crippen molar-refractivity contribution in [3.8, 4) is 11.8 Å². The van der Waals surface area contributed by atoms with Gasteiger partial charge in [-0.05, 0) is 42.7 Å². The number of nitrogens with zero attached hydrogens (tertiary/aromatic N) is 2. The van der Waals surface area contributed by atoms with Crippen molar-refractivity contribution in [2.75, 3.05) is 12.9 Å². The lowest BCUT2D eigenvalue weighted by molar-refractivity contribution is 0.112. The molecule has 0 unspecified atom stereocenters. The van der Waals surface area contributed by atoms with Crippen molar-refractivity contribution in [3.05, 3.63) is 29.3 Å². The van der Waals surface area contributed by atoms with Gasteiger partial charge in [-0.25, -0.2) is 8.42 Å². The number of nitriles is 1. The second-order valence-corrected chi connectivity index (χ2v) is 10.2. The average molecular weight is 360 g/mol. The first-order valence-electron chi connectivity index (χ1n) is 8.82. The molecule has 2 aliphatic carbocycles. The van der Waals surface area contributed by atoms with E-state index < -0.39 is 10.0 Å². The topological polar surface area (TPSA) is 70.4 Å². The Hall–Kier alpha value is -1.58. The Labute approximate surface area is 149 Å². The maximum atomic E-state index is 13.0. The van der Waals surface area contributed by atoms with E-state index in [9.17, 15) is 8.42 Å². The van der Waals surface area contributed by atoms with Gasteiger partial charge in [0.25, 0.3) is 0 Å². The molecule has 0 aromatic heterocycles. The highest BCUT2D eigenvalue weighted by Gasteiger charge is 2.71. The largest absolute Gasteiger partial charge is 0.496 e. The van der Waals surface area contributed by atoms with Crippen LogP contribution in [0, 0.1) is 28.1 Å². The van der Waals surface area contributed by atoms with Crippen molar-refractivity contribution < 1.29 is 13.2 Å². The van der Waals surface area contributed by atoms with E-state index in [4.69, 9.17) is 10.00 Å². The number of benzene rings is 1. The number of fused-ring (bicyclic) bond motifs is 1. The fourth-order valence-corrected chi connectivity index (χ4v) is 8.23. The molecule has 1 aromatic carbocycles. The third-order valence-electron chi connectivity index (χ3n) is 7.28. The quantitative estimate of drug-likeness (QED) is 0.831. The highest BCUT2D eigenvalue weighted by molar-refractivity contribution is 7.89. The maximum Gasteiger partial charge on any atom is 0.215 e. The molecule has 0 N–H and O–H groups in total. The van der Waals surface area contributed by atoms with Gasteiger partial charge in [0, 0.05) is 23.6 Å². The summed E-state index contributed by atoms with van der Waals surface area (Å²) in [5.41, 5.74) is 1.30. The predicted molar refractivity (Wildman–Crippen MR) is 94.4 cm³/mol. The highest BCUT2D eigenvalue weighted by atomic mass is 32.2. The predicted octanol–water partition coefficient (Wildman–Crippen LogP) is 2.91. The third-order valence-corrected chi connectivity index (χ3v) is 9.25. The van der Waals surface area contributed by atoms with E-state index in [0.717, 1.165) is 24.8 Å². The van der Waals surface area contributed by atoms with Crippen molar-refractivity contribution in [3.63, 3.8) is 0 Å². The van der Waals surface area contributed by atoms with Gasteiger partial charge in [0.15, 0.2) is 0 Å². The molecular weight excluding hydrogens is 336 g/mol. The molecule has 2 saturated carbocycles. The van der Waals surface area contributed by atoms with Crippen molar-refractivity contribution in [2.24, 2.45) is 16.7 Å². The van der Waals surface area contributed by atoms with E-state index in [-0.39, 0.29) is 22.6 Å². The Bertz CT molecular complexity index is 871. The van der Waals surface area contributed by atoms with Crippen LogP contribution in [0.2, 0.25) is 0 Å². The molecule has 6 heteroatoms. The lowest BCUT2D eigenvalue weighted by atomic mass is 9.69. The molecule has 3 atom stereocenters. The number of sulfonamides is 1. The van der Waals surface area contributed by atoms with Gasteiger partial charge >= 0.3 is 0 Å². The van der Waals surface area contributed by atoms with Crippen molar-refractivity contribution in [1.82, 2.24) is 4.31 Å². The smallest absolute Gasteiger partial charge is 0.215 e. The summed E-state index contributed by atoms with van der Waals surface area (Å²) in [6, 6.07) is 7.40. The molecule has 134 valence electrons. The molecule has 0 amide bonds. The first-order valence-corrected chi connectivity index (χ1v) is 10.4. The zero-order chi connectivity index (χ0) is 18.0. The Balaban J connectivity index is 1.72. The van der Waals surface area contributed by atoms with Crippen LogP contribution in [-0.2, 0) is 16.6 Å². The molecule has 2 bridgehead atoms. The molecular formula is C19H24N2O3S. The molecule has 25 heavy (non-hydrogen) atoms. The summed E-state index contributed by atoms with van der Waals surface area (Å²) in [7, 11) is -1.73. The minimum absolute atomic E-state index is 0.0776. The second-order valence-electron chi connectivity index (χ2n) is 8.30. The van der Waals surface area contributed by atoms with Crippen LogP contribution in [0.15, 0.2) is 18.2 Å². The molecule has 0 radical (unpaired) electrons. The number of methoxy groups -OCH3 is 1. The normalized spacial score (nSPS) is 34.6. The van der Waals surface area contributed by atoms with Crippen LogP contribution in [-0.4, -0.2) is 31.6 Å². The van der Waals surface area contributed by atoms with E-state index in [0.29, 0.717) is 23.8 Å². The number of hydrogen-bond acceptors (Lipinski definition) is 4. The number of hydrogen-bond donors (Lipinski definition) is 0. The van der Waals surface area contributed by atoms with Gasteiger partial charge in [0.2, 0.25) is 10.0 Å². The Morgan fingerprint density at radius 3 is 2.80 bits per heavy atom. The van der Waals surface area contributed by atoms with Gasteiger partial charge in [-0.2, -0.15) is 9.57 Å². The minimum atomic E-state index is -3.29. The molecule has 4 rings (SSSR count). The number of ether oxygens (including phenoxy) is 1. The standard InChI is InChI=1S/C19H24N2O3S/c1-18(2)15-6-7-19(18)12-25(22,23)21(17(19)9-15)11-14-5-4-13(10-20)8-16(14)24-3/h4-5,8,15,17H,6-7,9,11-12H2,1-3H3/t15-,17-,19-/m1/s1. The fraction of sp³-hybridized carbons (Fsp3) is 0.632. The van der Waals surface area contributed by atoms with Crippen LogP contribution >= 0.6 is 0 Å². The zero-order valence-corrected chi connectivity index (χ0v) is 15.8. The third kappa shape index (κ3) is 2.12. The summed E-state index contributed by atoms with van der Waals surface area (Å²) in [6.45, 7) is 4.84. The van der Waals surface area contributed by atoms with Gasteiger partial charge in [0.05, 0.1) is 24.5 Å². The molecule has 5 nitrogen and oxygen atoms in total. The molecule has 3 fully saturated rings. The second kappa shape index (κ2) is 5.21. The molecule has 1 aromatic rings. The van der Waals surface area contributed by atoms with Gasteiger partial charge in [-0.15, -0.1) is 0 Å². The van der Waals surface area contributed by atoms with Crippen LogP contribution in [0.4, 0.5) is 0 Å². The van der Waals surface area contributed by atoms with Crippen LogP contribution in [0.3, 0.4) is 0 Å². The maximum absolute atomic E-state index is 13.0. The Morgan fingerprint density at radius 2 is 2.16 bits per heavy atom. The molecule has 1 spiro atoms. The van der Waals surface area contributed by atoms with Crippen LogP contribution in [0.5, 0.6) is 5.75 Å². The average Bonchev–Trinajstić information content (AvgIpc) is 3.04. The SMILES string of the molecule is COc1cc(C#N)ccc1CN1[C@@H]2C[C@H]3CC[C@]2(CS1(=O)=O)C3(C)C. The molecule has 1 heterocycles. The fourth-order valence-electron chi connectivity index (χ4n) is 5.70. The Morgan fingerprint density at radius 1 is 1.40 bits per heavy atom. The van der Waals surface area contributed by atoms with Gasteiger partial charge in [0.1, 0.15) is 5.75 Å². The van der Waals surface area contributed by atoms with Crippen molar-refractivity contribution >= 4 is 10.0 Å². The van der Waals surface area contributed by atoms with E-state index in [1.807, 2.05) is 6.07 Å². The molecule has 3 aliphatic rings. The summed E-state index contributed by atoms with van der Waals surface area (Å²) in [5.74, 6) is 1.46. The number of rotatable bonds is 3. The summed E-state index contributed by atoms with van der Waals surface area (Å²) in [5, 5.41) is 9.06. The van der Waals surface area contributed by atoms with Crippen LogP contribution in [0.25, 0.3) is 0 Å². The van der Waals surface area contributed by atoms with E-state index >= 15 is 0 Å². The van der Waals surface area contributed by atoms with Crippen LogP contribution < -0.4 is 4.74 Å². The van der Waals surface area contributed by atoms with E-state index in [1.54, 1.807) is 23.5 Å². The monoisotopic (exact) mass is 360 g/mol. The highest BCUT2D eigenvalue weighted by Crippen LogP contribution is 2.70. The molecule has 1 saturated heterocycles. The van der Waals surface area contributed by atoms with Gasteiger partial charge in [-0.3, -0.25) is 0 Å². The zero-order valence-electron chi connectivity index (χ0n) is 14.9. The lowest BCUT2D eigenvalue weighted by Crippen LogP contribution is -2.41. The lowest BCUT2D eigenvalue weighted by Gasteiger charge is -2.37. The van der Waals surface area contributed by atoms with Crippen molar-refractivity contribution in [1.29, 1.82) is 5.26 Å². The minimum Gasteiger partial charge on any atom is -0.496 e. The summed E-state index contributed by atoms with van der Waals surface area (Å²) in [4.78, 5) is 0. The van der Waals surface area contributed by atoms with E-state index in [2.05, 4.69) is 19.9 Å². The first kappa shape index (κ1) is 16.9. The Kier molecular flexibility index (Phi) is 3.52. The van der Waals surface area contributed by atoms with Gasteiger partial charge in [-0.1, -0.05) is 19.9 Å². The van der Waals surface area contributed by atoms with Crippen LogP contribution in [0.1, 0.15) is 44.2 Å². The molecule has 1 aliphatic heterocycles. The van der Waals surface area contributed by atoms with E-state index in [1.165, 1.54) is 0 Å². The first-order chi connectivity index (χ1) is 11.7.